The van der Waals surface area contributed by atoms with Gasteiger partial charge in [0.1, 0.15) is 0 Å². The molecule has 1 aromatic heterocycles. The molecule has 0 unspecified atom stereocenters. The summed E-state index contributed by atoms with van der Waals surface area (Å²) in [6.45, 7) is 3.84. The zero-order valence-electron chi connectivity index (χ0n) is 11.7. The molecule has 0 bridgehead atoms. The molecule has 1 saturated heterocycles. The normalized spacial score (nSPS) is 18.8. The van der Waals surface area contributed by atoms with Gasteiger partial charge < -0.3 is 9.88 Å². The highest BCUT2D eigenvalue weighted by Crippen LogP contribution is 2.15. The number of nitrogens with zero attached hydrogens (tertiary/aromatic N) is 2. The average molecular weight is 285 g/mol. The molecule has 1 N–H and O–H groups in total. The van der Waals surface area contributed by atoms with E-state index < -0.39 is 10.0 Å². The van der Waals surface area contributed by atoms with Crippen molar-refractivity contribution in [3.63, 3.8) is 0 Å². The number of aromatic nitrogens is 1. The van der Waals surface area contributed by atoms with Crippen LogP contribution in [0.3, 0.4) is 0 Å². The third kappa shape index (κ3) is 3.81. The molecule has 1 aliphatic rings. The minimum Gasteiger partial charge on any atom is -0.357 e. The molecule has 108 valence electrons. The second kappa shape index (κ2) is 6.07. The maximum Gasteiger partial charge on any atom is 0.213 e. The smallest absolute Gasteiger partial charge is 0.213 e. The quantitative estimate of drug-likeness (QED) is 0.875. The van der Waals surface area contributed by atoms with Gasteiger partial charge in [0.25, 0.3) is 0 Å². The Morgan fingerprint density at radius 1 is 1.37 bits per heavy atom. The van der Waals surface area contributed by atoms with Crippen molar-refractivity contribution in [2.75, 3.05) is 18.8 Å². The summed E-state index contributed by atoms with van der Waals surface area (Å²) in [7, 11) is -0.995. The van der Waals surface area contributed by atoms with E-state index >= 15 is 0 Å². The number of hydrogen-bond donors (Lipinski definition) is 1. The van der Waals surface area contributed by atoms with E-state index in [4.69, 9.17) is 0 Å². The third-order valence-electron chi connectivity index (χ3n) is 3.70. The Morgan fingerprint density at radius 2 is 2.05 bits per heavy atom. The molecule has 2 rings (SSSR count). The number of aryl methyl sites for hydroxylation is 1. The molecule has 5 nitrogen and oxygen atoms in total. The van der Waals surface area contributed by atoms with Gasteiger partial charge in [-0.05, 0) is 31.4 Å². The molecule has 1 aromatic rings. The molecule has 2 heterocycles. The molecular weight excluding hydrogens is 262 g/mol. The molecule has 0 atom stereocenters. The van der Waals surface area contributed by atoms with Crippen LogP contribution in [0.15, 0.2) is 18.5 Å². The van der Waals surface area contributed by atoms with Crippen LogP contribution in [0.25, 0.3) is 0 Å². The van der Waals surface area contributed by atoms with Gasteiger partial charge >= 0.3 is 0 Å². The van der Waals surface area contributed by atoms with E-state index in [-0.39, 0.29) is 5.75 Å². The van der Waals surface area contributed by atoms with Crippen LogP contribution in [0.5, 0.6) is 0 Å². The molecule has 0 radical (unpaired) electrons. The summed E-state index contributed by atoms with van der Waals surface area (Å²) in [6, 6.07) is 2.52. The van der Waals surface area contributed by atoms with Crippen LogP contribution in [-0.2, 0) is 23.6 Å². The van der Waals surface area contributed by atoms with Gasteiger partial charge in [-0.15, -0.1) is 0 Å². The maximum atomic E-state index is 11.7. The Bertz CT molecular complexity index is 502. The number of nitrogens with one attached hydrogen (secondary N) is 1. The lowest BCUT2D eigenvalue weighted by Gasteiger charge is -2.31. The zero-order valence-corrected chi connectivity index (χ0v) is 12.5. The van der Waals surface area contributed by atoms with E-state index in [1.54, 1.807) is 11.2 Å². The van der Waals surface area contributed by atoms with Crippen LogP contribution in [-0.4, -0.2) is 42.2 Å². The topological polar surface area (TPSA) is 54.3 Å². The molecule has 0 aromatic carbocycles. The summed E-state index contributed by atoms with van der Waals surface area (Å²) in [4.78, 5) is 0. The van der Waals surface area contributed by atoms with Gasteiger partial charge in [-0.3, -0.25) is 0 Å². The van der Waals surface area contributed by atoms with E-state index in [1.807, 2.05) is 17.8 Å². The van der Waals surface area contributed by atoms with Crippen molar-refractivity contribution in [3.05, 3.63) is 24.0 Å². The van der Waals surface area contributed by atoms with E-state index in [0.29, 0.717) is 19.1 Å². The molecular formula is C13H23N3O2S. The monoisotopic (exact) mass is 285 g/mol. The fourth-order valence-corrected chi connectivity index (χ4v) is 3.58. The van der Waals surface area contributed by atoms with Gasteiger partial charge in [0.15, 0.2) is 0 Å². The van der Waals surface area contributed by atoms with Crippen molar-refractivity contribution in [1.29, 1.82) is 0 Å². The van der Waals surface area contributed by atoms with Gasteiger partial charge in [0.05, 0.1) is 5.75 Å². The summed E-state index contributed by atoms with van der Waals surface area (Å²) in [5.41, 5.74) is 1.27. The largest absolute Gasteiger partial charge is 0.357 e. The molecule has 0 amide bonds. The Hall–Kier alpha value is -0.850. The Morgan fingerprint density at radius 3 is 2.58 bits per heavy atom. The number of hydrogen-bond acceptors (Lipinski definition) is 3. The van der Waals surface area contributed by atoms with Crippen LogP contribution in [0.4, 0.5) is 0 Å². The Kier molecular flexibility index (Phi) is 4.65. The van der Waals surface area contributed by atoms with Crippen molar-refractivity contribution >= 4 is 10.0 Å². The Balaban J connectivity index is 1.78. The lowest BCUT2D eigenvalue weighted by Crippen LogP contribution is -2.45. The van der Waals surface area contributed by atoms with Crippen molar-refractivity contribution in [1.82, 2.24) is 14.2 Å². The van der Waals surface area contributed by atoms with Crippen LogP contribution >= 0.6 is 0 Å². The first-order valence-corrected chi connectivity index (χ1v) is 8.44. The molecule has 0 saturated carbocycles. The summed E-state index contributed by atoms with van der Waals surface area (Å²) in [6.07, 6.45) is 5.93. The summed E-state index contributed by atoms with van der Waals surface area (Å²) in [5.74, 6) is 0.203. The highest BCUT2D eigenvalue weighted by molar-refractivity contribution is 7.89. The number of sulfonamides is 1. The first kappa shape index (κ1) is 14.6. The fraction of sp³-hybridized carbons (Fsp3) is 0.692. The minimum atomic E-state index is -3.01. The molecule has 1 fully saturated rings. The predicted molar refractivity (Wildman–Crippen MR) is 76.3 cm³/mol. The van der Waals surface area contributed by atoms with Crippen LogP contribution in [0.2, 0.25) is 0 Å². The number of rotatable bonds is 5. The SMILES string of the molecule is CCS(=O)(=O)N1CCC(NCc2ccn(C)c2)CC1. The van der Waals surface area contributed by atoms with E-state index in [0.717, 1.165) is 19.4 Å². The van der Waals surface area contributed by atoms with Crippen molar-refractivity contribution in [3.8, 4) is 0 Å². The minimum absolute atomic E-state index is 0.203. The van der Waals surface area contributed by atoms with E-state index in [9.17, 15) is 8.42 Å². The second-order valence-electron chi connectivity index (χ2n) is 5.14. The highest BCUT2D eigenvalue weighted by atomic mass is 32.2. The predicted octanol–water partition coefficient (Wildman–Crippen LogP) is 0.929. The molecule has 0 spiro atoms. The lowest BCUT2D eigenvalue weighted by molar-refractivity contribution is 0.289. The van der Waals surface area contributed by atoms with Gasteiger partial charge in [0.2, 0.25) is 10.0 Å². The van der Waals surface area contributed by atoms with Crippen LogP contribution < -0.4 is 5.32 Å². The van der Waals surface area contributed by atoms with Crippen LogP contribution in [0.1, 0.15) is 25.3 Å². The zero-order chi connectivity index (χ0) is 13.9. The lowest BCUT2D eigenvalue weighted by atomic mass is 10.1. The van der Waals surface area contributed by atoms with Gasteiger partial charge in [-0.1, -0.05) is 0 Å². The second-order valence-corrected chi connectivity index (χ2v) is 7.40. The van der Waals surface area contributed by atoms with Gasteiger partial charge in [0, 0.05) is 45.1 Å². The first-order chi connectivity index (χ1) is 9.01. The highest BCUT2D eigenvalue weighted by Gasteiger charge is 2.26. The van der Waals surface area contributed by atoms with Crippen molar-refractivity contribution < 1.29 is 8.42 Å². The summed E-state index contributed by atoms with van der Waals surface area (Å²) in [5, 5.41) is 3.51. The average Bonchev–Trinajstić information content (AvgIpc) is 2.83. The Labute approximate surface area is 115 Å². The van der Waals surface area contributed by atoms with Gasteiger partial charge in [-0.25, -0.2) is 12.7 Å². The third-order valence-corrected chi connectivity index (χ3v) is 5.58. The standard InChI is InChI=1S/C13H23N3O2S/c1-3-19(17,18)16-8-5-13(6-9-16)14-10-12-4-7-15(2)11-12/h4,7,11,13-14H,3,5-6,8-10H2,1-2H3. The summed E-state index contributed by atoms with van der Waals surface area (Å²) < 4.78 is 27.1. The summed E-state index contributed by atoms with van der Waals surface area (Å²) >= 11 is 0. The number of piperidine rings is 1. The van der Waals surface area contributed by atoms with Crippen molar-refractivity contribution in [2.45, 2.75) is 32.4 Å². The molecule has 0 aliphatic carbocycles. The van der Waals surface area contributed by atoms with Crippen LogP contribution in [0, 0.1) is 0 Å². The molecule has 6 heteroatoms. The molecule has 1 aliphatic heterocycles. The van der Waals surface area contributed by atoms with E-state index in [2.05, 4.69) is 17.6 Å². The van der Waals surface area contributed by atoms with Gasteiger partial charge in [-0.2, -0.15) is 0 Å². The molecule has 19 heavy (non-hydrogen) atoms. The maximum absolute atomic E-state index is 11.7. The first-order valence-electron chi connectivity index (χ1n) is 6.83. The van der Waals surface area contributed by atoms with Crippen molar-refractivity contribution in [2.24, 2.45) is 7.05 Å². The van der Waals surface area contributed by atoms with E-state index in [1.165, 1.54) is 5.56 Å². The fourth-order valence-electron chi connectivity index (χ4n) is 2.45.